The van der Waals surface area contributed by atoms with Gasteiger partial charge in [0.15, 0.2) is 0 Å². The molecule has 0 saturated heterocycles. The molecule has 2 rings (SSSR count). The van der Waals surface area contributed by atoms with Crippen LogP contribution in [0.25, 0.3) is 0 Å². The third kappa shape index (κ3) is 4.89. The Labute approximate surface area is 113 Å². The fraction of sp³-hybridized carbons (Fsp3) is 1.00. The molecular formula is C16H31NO. The van der Waals surface area contributed by atoms with Crippen LogP contribution in [0.1, 0.15) is 84.0 Å². The topological polar surface area (TPSA) is 21.3 Å². The molecule has 2 fully saturated rings. The highest BCUT2D eigenvalue weighted by Gasteiger charge is 2.22. The Balaban J connectivity index is 1.55. The van der Waals surface area contributed by atoms with Crippen molar-refractivity contribution in [2.24, 2.45) is 5.92 Å². The van der Waals surface area contributed by atoms with Crippen molar-refractivity contribution in [1.82, 2.24) is 5.48 Å². The zero-order valence-corrected chi connectivity index (χ0v) is 12.1. The Kier molecular flexibility index (Phi) is 6.50. The minimum absolute atomic E-state index is 0.491. The molecule has 2 heteroatoms. The molecule has 1 N–H and O–H groups in total. The van der Waals surface area contributed by atoms with Gasteiger partial charge in [-0.1, -0.05) is 45.4 Å². The van der Waals surface area contributed by atoms with Crippen molar-refractivity contribution in [3.8, 4) is 0 Å². The molecule has 0 atom stereocenters. The summed E-state index contributed by atoms with van der Waals surface area (Å²) in [6.45, 7) is 2.29. The molecular weight excluding hydrogens is 222 g/mol. The van der Waals surface area contributed by atoms with Crippen LogP contribution in [-0.2, 0) is 4.84 Å². The monoisotopic (exact) mass is 253 g/mol. The second-order valence-corrected chi connectivity index (χ2v) is 6.36. The van der Waals surface area contributed by atoms with Crippen molar-refractivity contribution in [1.29, 1.82) is 0 Å². The molecule has 0 unspecified atom stereocenters. The van der Waals surface area contributed by atoms with Gasteiger partial charge in [-0.25, -0.2) is 0 Å². The number of hydrogen-bond acceptors (Lipinski definition) is 2. The van der Waals surface area contributed by atoms with Crippen molar-refractivity contribution in [3.63, 3.8) is 0 Å². The van der Waals surface area contributed by atoms with Gasteiger partial charge < -0.3 is 0 Å². The van der Waals surface area contributed by atoms with Gasteiger partial charge in [0, 0.05) is 6.04 Å². The summed E-state index contributed by atoms with van der Waals surface area (Å²) >= 11 is 0. The highest BCUT2D eigenvalue weighted by atomic mass is 16.7. The van der Waals surface area contributed by atoms with Gasteiger partial charge >= 0.3 is 0 Å². The molecule has 18 heavy (non-hydrogen) atoms. The molecule has 0 aliphatic heterocycles. The SMILES string of the molecule is CCCCC1CCC(ONC2CCCCC2)CC1. The van der Waals surface area contributed by atoms with E-state index in [4.69, 9.17) is 4.84 Å². The van der Waals surface area contributed by atoms with Crippen LogP contribution in [0.4, 0.5) is 0 Å². The Bertz CT molecular complexity index is 205. The number of unbranched alkanes of at least 4 members (excludes halogenated alkanes) is 1. The lowest BCUT2D eigenvalue weighted by Gasteiger charge is -2.30. The highest BCUT2D eigenvalue weighted by molar-refractivity contribution is 4.74. The first-order valence-corrected chi connectivity index (χ1v) is 8.29. The maximum atomic E-state index is 5.93. The first-order valence-electron chi connectivity index (χ1n) is 8.29. The minimum atomic E-state index is 0.491. The molecule has 2 aliphatic carbocycles. The summed E-state index contributed by atoms with van der Waals surface area (Å²) in [5.41, 5.74) is 3.35. The first kappa shape index (κ1) is 14.3. The molecule has 2 nitrogen and oxygen atoms in total. The number of hydroxylamine groups is 1. The predicted molar refractivity (Wildman–Crippen MR) is 76.4 cm³/mol. The summed E-state index contributed by atoms with van der Waals surface area (Å²) < 4.78 is 0. The smallest absolute Gasteiger partial charge is 0.0790 e. The van der Waals surface area contributed by atoms with Crippen LogP contribution in [0.3, 0.4) is 0 Å². The van der Waals surface area contributed by atoms with Crippen LogP contribution in [-0.4, -0.2) is 12.1 Å². The van der Waals surface area contributed by atoms with Gasteiger partial charge in [0.1, 0.15) is 0 Å². The van der Waals surface area contributed by atoms with Gasteiger partial charge in [0.2, 0.25) is 0 Å². The standard InChI is InChI=1S/C16H31NO/c1-2-3-7-14-10-12-16(13-11-14)18-17-15-8-5-4-6-9-15/h14-17H,2-13H2,1H3. The van der Waals surface area contributed by atoms with E-state index >= 15 is 0 Å². The first-order chi connectivity index (χ1) is 8.88. The molecule has 0 bridgehead atoms. The largest absolute Gasteiger partial charge is 0.298 e. The summed E-state index contributed by atoms with van der Waals surface area (Å²) in [5, 5.41) is 0. The molecule has 2 aliphatic rings. The number of nitrogens with one attached hydrogen (secondary N) is 1. The predicted octanol–water partition coefficient (Wildman–Crippen LogP) is 4.59. The van der Waals surface area contributed by atoms with Gasteiger partial charge in [-0.2, -0.15) is 5.48 Å². The molecule has 0 radical (unpaired) electrons. The molecule has 0 amide bonds. The average molecular weight is 253 g/mol. The maximum absolute atomic E-state index is 5.93. The van der Waals surface area contributed by atoms with Crippen molar-refractivity contribution in [3.05, 3.63) is 0 Å². The Morgan fingerprint density at radius 1 is 0.944 bits per heavy atom. The maximum Gasteiger partial charge on any atom is 0.0790 e. The Morgan fingerprint density at radius 3 is 2.33 bits per heavy atom. The number of rotatable bonds is 6. The van der Waals surface area contributed by atoms with Crippen molar-refractivity contribution < 1.29 is 4.84 Å². The lowest BCUT2D eigenvalue weighted by atomic mass is 9.84. The van der Waals surface area contributed by atoms with Crippen molar-refractivity contribution in [2.75, 3.05) is 0 Å². The van der Waals surface area contributed by atoms with Crippen LogP contribution >= 0.6 is 0 Å². The van der Waals surface area contributed by atoms with Crippen molar-refractivity contribution >= 4 is 0 Å². The van der Waals surface area contributed by atoms with E-state index in [1.807, 2.05) is 0 Å². The third-order valence-electron chi connectivity index (χ3n) is 4.77. The zero-order chi connectivity index (χ0) is 12.6. The highest BCUT2D eigenvalue weighted by Crippen LogP contribution is 2.29. The van der Waals surface area contributed by atoms with Gasteiger partial charge in [-0.3, -0.25) is 4.84 Å². The van der Waals surface area contributed by atoms with E-state index in [2.05, 4.69) is 12.4 Å². The zero-order valence-electron chi connectivity index (χ0n) is 12.1. The molecule has 2 saturated carbocycles. The van der Waals surface area contributed by atoms with Gasteiger partial charge in [0.25, 0.3) is 0 Å². The summed E-state index contributed by atoms with van der Waals surface area (Å²) in [4.78, 5) is 5.93. The van der Waals surface area contributed by atoms with Gasteiger partial charge in [-0.15, -0.1) is 0 Å². The summed E-state index contributed by atoms with van der Waals surface area (Å²) in [6.07, 6.45) is 16.8. The van der Waals surface area contributed by atoms with E-state index < -0.39 is 0 Å². The average Bonchev–Trinajstić information content (AvgIpc) is 2.45. The fourth-order valence-corrected chi connectivity index (χ4v) is 3.44. The van der Waals surface area contributed by atoms with E-state index in [1.165, 1.54) is 77.0 Å². The molecule has 106 valence electrons. The summed E-state index contributed by atoms with van der Waals surface area (Å²) in [6, 6.07) is 0.636. The van der Waals surface area contributed by atoms with Crippen LogP contribution < -0.4 is 5.48 Å². The van der Waals surface area contributed by atoms with Crippen LogP contribution in [0.5, 0.6) is 0 Å². The van der Waals surface area contributed by atoms with Gasteiger partial charge in [0.05, 0.1) is 6.10 Å². The lowest BCUT2D eigenvalue weighted by molar-refractivity contribution is -0.0696. The molecule has 0 heterocycles. The normalized spacial score (nSPS) is 30.5. The minimum Gasteiger partial charge on any atom is -0.298 e. The molecule has 0 spiro atoms. The van der Waals surface area contributed by atoms with E-state index in [-0.39, 0.29) is 0 Å². The molecule has 0 aromatic rings. The van der Waals surface area contributed by atoms with E-state index in [9.17, 15) is 0 Å². The molecule has 0 aromatic heterocycles. The lowest BCUT2D eigenvalue weighted by Crippen LogP contribution is -2.36. The van der Waals surface area contributed by atoms with E-state index in [0.29, 0.717) is 12.1 Å². The second-order valence-electron chi connectivity index (χ2n) is 6.36. The second kappa shape index (κ2) is 8.16. The van der Waals surface area contributed by atoms with Crippen LogP contribution in [0.2, 0.25) is 0 Å². The quantitative estimate of drug-likeness (QED) is 0.699. The van der Waals surface area contributed by atoms with Crippen LogP contribution in [0, 0.1) is 5.92 Å². The van der Waals surface area contributed by atoms with Crippen LogP contribution in [0.15, 0.2) is 0 Å². The Hall–Kier alpha value is -0.0800. The van der Waals surface area contributed by atoms with Gasteiger partial charge in [-0.05, 0) is 44.4 Å². The Morgan fingerprint density at radius 2 is 1.67 bits per heavy atom. The van der Waals surface area contributed by atoms with E-state index in [1.54, 1.807) is 0 Å². The number of hydrogen-bond donors (Lipinski definition) is 1. The third-order valence-corrected chi connectivity index (χ3v) is 4.77. The summed E-state index contributed by atoms with van der Waals surface area (Å²) in [7, 11) is 0. The van der Waals surface area contributed by atoms with E-state index in [0.717, 1.165) is 5.92 Å². The fourth-order valence-electron chi connectivity index (χ4n) is 3.44. The van der Waals surface area contributed by atoms with Crippen molar-refractivity contribution in [2.45, 2.75) is 96.1 Å². The molecule has 0 aromatic carbocycles. The summed E-state index contributed by atoms with van der Waals surface area (Å²) in [5.74, 6) is 0.986.